The van der Waals surface area contributed by atoms with Gasteiger partial charge in [0.1, 0.15) is 11.4 Å². The zero-order chi connectivity index (χ0) is 16.3. The molecule has 1 amide bonds. The molecule has 120 valence electrons. The molecule has 0 spiro atoms. The van der Waals surface area contributed by atoms with Crippen LogP contribution in [0.25, 0.3) is 0 Å². The van der Waals surface area contributed by atoms with Gasteiger partial charge in [-0.15, -0.1) is 0 Å². The van der Waals surface area contributed by atoms with Crippen LogP contribution in [0.15, 0.2) is 54.6 Å². The number of benzene rings is 2. The van der Waals surface area contributed by atoms with Crippen LogP contribution in [0.4, 0.5) is 0 Å². The standard InChI is InChI=1S/C20H23NO2/c1-20(2)14-17(16-10-6-7-11-18(16)23-20)21-19(22)13-12-15-8-4-3-5-9-15/h3-11,17H,12-14H2,1-2H3,(H,21,22). The van der Waals surface area contributed by atoms with E-state index in [0.29, 0.717) is 6.42 Å². The summed E-state index contributed by atoms with van der Waals surface area (Å²) in [5, 5.41) is 3.18. The quantitative estimate of drug-likeness (QED) is 0.925. The Labute approximate surface area is 137 Å². The van der Waals surface area contributed by atoms with Crippen LogP contribution in [0.5, 0.6) is 5.75 Å². The average Bonchev–Trinajstić information content (AvgIpc) is 2.53. The molecule has 0 fully saturated rings. The molecule has 0 aromatic heterocycles. The molecule has 0 saturated heterocycles. The minimum Gasteiger partial charge on any atom is -0.487 e. The number of fused-ring (bicyclic) bond motifs is 1. The molecule has 2 aromatic carbocycles. The molecule has 0 bridgehead atoms. The fourth-order valence-corrected chi connectivity index (χ4v) is 3.10. The Bertz CT molecular complexity index is 679. The number of aryl methyl sites for hydroxylation is 1. The molecule has 0 radical (unpaired) electrons. The minimum atomic E-state index is -0.272. The van der Waals surface area contributed by atoms with Gasteiger partial charge in [-0.25, -0.2) is 0 Å². The first-order chi connectivity index (χ1) is 11.0. The van der Waals surface area contributed by atoms with Crippen molar-refractivity contribution in [1.82, 2.24) is 5.32 Å². The highest BCUT2D eigenvalue weighted by atomic mass is 16.5. The molecule has 1 aliphatic rings. The molecule has 23 heavy (non-hydrogen) atoms. The van der Waals surface area contributed by atoms with Crippen LogP contribution < -0.4 is 10.1 Å². The number of hydrogen-bond acceptors (Lipinski definition) is 2. The summed E-state index contributed by atoms with van der Waals surface area (Å²) < 4.78 is 6.01. The van der Waals surface area contributed by atoms with Gasteiger partial charge >= 0.3 is 0 Å². The van der Waals surface area contributed by atoms with Crippen molar-refractivity contribution < 1.29 is 9.53 Å². The monoisotopic (exact) mass is 309 g/mol. The first-order valence-corrected chi connectivity index (χ1v) is 8.15. The molecule has 1 heterocycles. The van der Waals surface area contributed by atoms with Crippen molar-refractivity contribution in [2.75, 3.05) is 0 Å². The fourth-order valence-electron chi connectivity index (χ4n) is 3.10. The highest BCUT2D eigenvalue weighted by Crippen LogP contribution is 2.39. The first-order valence-electron chi connectivity index (χ1n) is 8.15. The zero-order valence-electron chi connectivity index (χ0n) is 13.7. The topological polar surface area (TPSA) is 38.3 Å². The molecule has 3 rings (SSSR count). The molecule has 3 nitrogen and oxygen atoms in total. The highest BCUT2D eigenvalue weighted by molar-refractivity contribution is 5.77. The maximum atomic E-state index is 12.4. The molecule has 0 aliphatic carbocycles. The number of ether oxygens (including phenoxy) is 1. The Morgan fingerprint density at radius 3 is 2.61 bits per heavy atom. The van der Waals surface area contributed by atoms with E-state index in [4.69, 9.17) is 4.74 Å². The van der Waals surface area contributed by atoms with E-state index >= 15 is 0 Å². The van der Waals surface area contributed by atoms with Crippen LogP contribution in [0, 0.1) is 0 Å². The van der Waals surface area contributed by atoms with Gasteiger partial charge in [0.15, 0.2) is 0 Å². The van der Waals surface area contributed by atoms with Gasteiger partial charge in [-0.3, -0.25) is 4.79 Å². The second kappa shape index (κ2) is 6.45. The Hall–Kier alpha value is -2.29. The third-order valence-electron chi connectivity index (χ3n) is 4.20. The third-order valence-corrected chi connectivity index (χ3v) is 4.20. The zero-order valence-corrected chi connectivity index (χ0v) is 13.7. The van der Waals surface area contributed by atoms with Gasteiger partial charge in [0, 0.05) is 18.4 Å². The second-order valence-corrected chi connectivity index (χ2v) is 6.71. The lowest BCUT2D eigenvalue weighted by molar-refractivity contribution is -0.122. The van der Waals surface area contributed by atoms with Crippen molar-refractivity contribution in [3.05, 3.63) is 65.7 Å². The second-order valence-electron chi connectivity index (χ2n) is 6.71. The van der Waals surface area contributed by atoms with E-state index in [9.17, 15) is 4.79 Å². The number of nitrogens with one attached hydrogen (secondary N) is 1. The lowest BCUT2D eigenvalue weighted by Crippen LogP contribution is -2.41. The summed E-state index contributed by atoms with van der Waals surface area (Å²) in [6.07, 6.45) is 2.05. The van der Waals surface area contributed by atoms with Gasteiger partial charge in [0.25, 0.3) is 0 Å². The summed E-state index contributed by atoms with van der Waals surface area (Å²) in [6, 6.07) is 18.1. The summed E-state index contributed by atoms with van der Waals surface area (Å²) in [7, 11) is 0. The third kappa shape index (κ3) is 3.92. The Morgan fingerprint density at radius 1 is 1.13 bits per heavy atom. The summed E-state index contributed by atoms with van der Waals surface area (Å²) >= 11 is 0. The summed E-state index contributed by atoms with van der Waals surface area (Å²) in [4.78, 5) is 12.4. The van der Waals surface area contributed by atoms with Gasteiger partial charge in [-0.2, -0.15) is 0 Å². The van der Waals surface area contributed by atoms with E-state index < -0.39 is 0 Å². The normalized spacial score (nSPS) is 18.6. The molecule has 1 N–H and O–H groups in total. The van der Waals surface area contributed by atoms with Crippen molar-refractivity contribution >= 4 is 5.91 Å². The largest absolute Gasteiger partial charge is 0.487 e. The van der Waals surface area contributed by atoms with Gasteiger partial charge in [0.2, 0.25) is 5.91 Å². The van der Waals surface area contributed by atoms with E-state index in [1.807, 2.05) is 42.5 Å². The van der Waals surface area contributed by atoms with E-state index in [1.54, 1.807) is 0 Å². The SMILES string of the molecule is CC1(C)CC(NC(=O)CCc2ccccc2)c2ccccc2O1. The van der Waals surface area contributed by atoms with Crippen LogP contribution in [0.3, 0.4) is 0 Å². The summed E-state index contributed by atoms with van der Waals surface area (Å²) in [5.74, 6) is 0.962. The lowest BCUT2D eigenvalue weighted by atomic mass is 9.89. The first kappa shape index (κ1) is 15.6. The van der Waals surface area contributed by atoms with Crippen molar-refractivity contribution in [2.24, 2.45) is 0 Å². The number of carbonyl (C=O) groups excluding carboxylic acids is 1. The number of amides is 1. The maximum absolute atomic E-state index is 12.4. The van der Waals surface area contributed by atoms with E-state index in [2.05, 4.69) is 31.3 Å². The number of para-hydroxylation sites is 1. The van der Waals surface area contributed by atoms with Gasteiger partial charge in [-0.1, -0.05) is 48.5 Å². The smallest absolute Gasteiger partial charge is 0.220 e. The Morgan fingerprint density at radius 2 is 1.83 bits per heavy atom. The number of carbonyl (C=O) groups is 1. The number of hydrogen-bond donors (Lipinski definition) is 1. The molecule has 1 atom stereocenters. The molecular formula is C20H23NO2. The van der Waals surface area contributed by atoms with E-state index in [1.165, 1.54) is 5.56 Å². The van der Waals surface area contributed by atoms with Crippen molar-refractivity contribution in [3.63, 3.8) is 0 Å². The van der Waals surface area contributed by atoms with Crippen LogP contribution in [-0.4, -0.2) is 11.5 Å². The van der Waals surface area contributed by atoms with E-state index in [-0.39, 0.29) is 17.6 Å². The van der Waals surface area contributed by atoms with Gasteiger partial charge < -0.3 is 10.1 Å². The predicted octanol–water partition coefficient (Wildman–Crippen LogP) is 4.04. The Balaban J connectivity index is 1.66. The van der Waals surface area contributed by atoms with Crippen LogP contribution in [0.1, 0.15) is 43.9 Å². The van der Waals surface area contributed by atoms with E-state index in [0.717, 1.165) is 24.2 Å². The molecule has 3 heteroatoms. The van der Waals surface area contributed by atoms with Crippen LogP contribution >= 0.6 is 0 Å². The average molecular weight is 309 g/mol. The summed E-state index contributed by atoms with van der Waals surface area (Å²) in [5.41, 5.74) is 1.99. The van der Waals surface area contributed by atoms with Crippen LogP contribution in [-0.2, 0) is 11.2 Å². The van der Waals surface area contributed by atoms with Gasteiger partial charge in [-0.05, 0) is 31.9 Å². The predicted molar refractivity (Wildman–Crippen MR) is 91.4 cm³/mol. The Kier molecular flexibility index (Phi) is 4.37. The molecule has 1 unspecified atom stereocenters. The molecule has 0 saturated carbocycles. The molecule has 1 aliphatic heterocycles. The lowest BCUT2D eigenvalue weighted by Gasteiger charge is -2.37. The molecule has 2 aromatic rings. The minimum absolute atomic E-state index is 0.0122. The maximum Gasteiger partial charge on any atom is 0.220 e. The fraction of sp³-hybridized carbons (Fsp3) is 0.350. The van der Waals surface area contributed by atoms with Crippen LogP contribution in [0.2, 0.25) is 0 Å². The van der Waals surface area contributed by atoms with Crippen molar-refractivity contribution in [3.8, 4) is 5.75 Å². The number of rotatable bonds is 4. The summed E-state index contributed by atoms with van der Waals surface area (Å²) in [6.45, 7) is 4.12. The highest BCUT2D eigenvalue weighted by Gasteiger charge is 2.34. The van der Waals surface area contributed by atoms with Crippen molar-refractivity contribution in [2.45, 2.75) is 44.8 Å². The molecular weight excluding hydrogens is 286 g/mol. The van der Waals surface area contributed by atoms with Crippen molar-refractivity contribution in [1.29, 1.82) is 0 Å². The van der Waals surface area contributed by atoms with Gasteiger partial charge in [0.05, 0.1) is 6.04 Å².